The first-order valence-electron chi connectivity index (χ1n) is 7.79. The van der Waals surface area contributed by atoms with E-state index in [1.165, 1.54) is 44.9 Å². The molecular weight excluding hydrogens is 279 g/mol. The van der Waals surface area contributed by atoms with Crippen molar-refractivity contribution < 1.29 is 23.8 Å². The van der Waals surface area contributed by atoms with E-state index in [-0.39, 0.29) is 0 Å². The van der Waals surface area contributed by atoms with Crippen LogP contribution in [-0.4, -0.2) is 19.8 Å². The van der Waals surface area contributed by atoms with E-state index in [0.29, 0.717) is 19.8 Å². The Morgan fingerprint density at radius 2 is 1.20 bits per heavy atom. The standard InChI is InChI=1S/C14H29O5P/c1-2-17-18-13-11-9-7-5-3-4-6-8-10-12-14-19-20(15)16/h2-14H2,1H3. The zero-order valence-electron chi connectivity index (χ0n) is 12.7. The second-order valence-electron chi connectivity index (χ2n) is 4.82. The second kappa shape index (κ2) is 17.0. The van der Waals surface area contributed by atoms with E-state index in [1.807, 2.05) is 6.92 Å². The van der Waals surface area contributed by atoms with Crippen molar-refractivity contribution in [2.24, 2.45) is 0 Å². The molecular formula is C14H29O5P. The summed E-state index contributed by atoms with van der Waals surface area (Å²) in [6, 6.07) is 0. The van der Waals surface area contributed by atoms with E-state index in [2.05, 4.69) is 4.52 Å². The second-order valence-corrected chi connectivity index (χ2v) is 5.53. The summed E-state index contributed by atoms with van der Waals surface area (Å²) in [7, 11) is -2.66. The summed E-state index contributed by atoms with van der Waals surface area (Å²) in [6.07, 6.45) is 11.7. The van der Waals surface area contributed by atoms with Crippen LogP contribution < -0.4 is 4.89 Å². The molecule has 0 rings (SSSR count). The third-order valence-corrected chi connectivity index (χ3v) is 3.41. The van der Waals surface area contributed by atoms with Crippen LogP contribution in [0, 0.1) is 0 Å². The summed E-state index contributed by atoms with van der Waals surface area (Å²) in [6.45, 7) is 3.56. The number of hydrogen-bond acceptors (Lipinski definition) is 5. The van der Waals surface area contributed by atoms with Crippen LogP contribution in [0.1, 0.15) is 71.1 Å². The molecule has 20 heavy (non-hydrogen) atoms. The highest BCUT2D eigenvalue weighted by molar-refractivity contribution is 7.30. The monoisotopic (exact) mass is 308 g/mol. The van der Waals surface area contributed by atoms with Crippen LogP contribution in [0.25, 0.3) is 0 Å². The number of rotatable bonds is 16. The van der Waals surface area contributed by atoms with Crippen LogP contribution in [0.2, 0.25) is 0 Å². The Balaban J connectivity index is 2.94. The summed E-state index contributed by atoms with van der Waals surface area (Å²) in [4.78, 5) is 19.9. The topological polar surface area (TPSA) is 67.8 Å². The van der Waals surface area contributed by atoms with Gasteiger partial charge in [-0.25, -0.2) is 9.78 Å². The molecule has 0 spiro atoms. The molecule has 0 amide bonds. The van der Waals surface area contributed by atoms with Crippen molar-refractivity contribution in [2.75, 3.05) is 19.8 Å². The third kappa shape index (κ3) is 17.9. The summed E-state index contributed by atoms with van der Waals surface area (Å²) in [5, 5.41) is 0. The van der Waals surface area contributed by atoms with E-state index < -0.39 is 8.25 Å². The van der Waals surface area contributed by atoms with Crippen molar-refractivity contribution in [2.45, 2.75) is 71.1 Å². The van der Waals surface area contributed by atoms with Gasteiger partial charge < -0.3 is 4.89 Å². The molecule has 0 aromatic rings. The Labute approximate surface area is 123 Å². The van der Waals surface area contributed by atoms with Gasteiger partial charge in [-0.05, 0) is 24.3 Å². The van der Waals surface area contributed by atoms with Gasteiger partial charge in [-0.15, -0.1) is 4.52 Å². The fourth-order valence-electron chi connectivity index (χ4n) is 1.96. The zero-order chi connectivity index (χ0) is 14.9. The molecule has 0 N–H and O–H groups in total. The summed E-state index contributed by atoms with van der Waals surface area (Å²) in [5.74, 6) is 0. The van der Waals surface area contributed by atoms with Gasteiger partial charge in [-0.2, -0.15) is 0 Å². The van der Waals surface area contributed by atoms with E-state index in [9.17, 15) is 9.46 Å². The molecule has 0 heterocycles. The normalized spacial score (nSPS) is 11.8. The van der Waals surface area contributed by atoms with Crippen molar-refractivity contribution in [3.63, 3.8) is 0 Å². The molecule has 0 bridgehead atoms. The van der Waals surface area contributed by atoms with E-state index in [4.69, 9.17) is 9.78 Å². The summed E-state index contributed by atoms with van der Waals surface area (Å²) < 4.78 is 14.6. The molecule has 0 aliphatic rings. The van der Waals surface area contributed by atoms with Crippen molar-refractivity contribution in [3.8, 4) is 0 Å². The Morgan fingerprint density at radius 3 is 1.65 bits per heavy atom. The first kappa shape index (κ1) is 19.9. The minimum absolute atomic E-state index is 0.336. The Hall–Kier alpha value is -0.0600. The SMILES string of the molecule is CCOOCCCCCCCCCCCCO[P+](=O)[O-]. The molecule has 0 aliphatic heterocycles. The van der Waals surface area contributed by atoms with Crippen LogP contribution in [0.5, 0.6) is 0 Å². The first-order valence-corrected chi connectivity index (χ1v) is 8.88. The van der Waals surface area contributed by atoms with E-state index >= 15 is 0 Å². The van der Waals surface area contributed by atoms with Gasteiger partial charge in [0.2, 0.25) is 0 Å². The summed E-state index contributed by atoms with van der Waals surface area (Å²) in [5.41, 5.74) is 0. The van der Waals surface area contributed by atoms with Crippen molar-refractivity contribution in [1.29, 1.82) is 0 Å². The van der Waals surface area contributed by atoms with Gasteiger partial charge in [0.1, 0.15) is 6.61 Å². The highest BCUT2D eigenvalue weighted by atomic mass is 31.1. The number of unbranched alkanes of at least 4 members (excludes halogenated alkanes) is 9. The predicted molar refractivity (Wildman–Crippen MR) is 77.3 cm³/mol. The fourth-order valence-corrected chi connectivity index (χ4v) is 2.24. The molecule has 0 aromatic heterocycles. The van der Waals surface area contributed by atoms with Crippen LogP contribution >= 0.6 is 8.25 Å². The zero-order valence-corrected chi connectivity index (χ0v) is 13.6. The maximum atomic E-state index is 10.1. The molecule has 0 saturated carbocycles. The highest BCUT2D eigenvalue weighted by Gasteiger charge is 1.99. The lowest BCUT2D eigenvalue weighted by molar-refractivity contribution is -0.291. The van der Waals surface area contributed by atoms with Gasteiger partial charge in [0, 0.05) is 0 Å². The lowest BCUT2D eigenvalue weighted by Gasteiger charge is -2.03. The molecule has 0 saturated heterocycles. The molecule has 0 radical (unpaired) electrons. The largest absolute Gasteiger partial charge is 0.566 e. The van der Waals surface area contributed by atoms with Gasteiger partial charge in [-0.3, -0.25) is 0 Å². The Kier molecular flexibility index (Phi) is 16.9. The Morgan fingerprint density at radius 1 is 0.750 bits per heavy atom. The fraction of sp³-hybridized carbons (Fsp3) is 1.00. The molecule has 6 heteroatoms. The van der Waals surface area contributed by atoms with Gasteiger partial charge in [0.25, 0.3) is 0 Å². The minimum Gasteiger partial charge on any atom is -0.566 e. The van der Waals surface area contributed by atoms with Crippen LogP contribution in [-0.2, 0) is 18.9 Å². The Bertz CT molecular complexity index is 214. The van der Waals surface area contributed by atoms with Gasteiger partial charge in [0.15, 0.2) is 0 Å². The number of hydrogen-bond donors (Lipinski definition) is 0. The third-order valence-electron chi connectivity index (χ3n) is 3.02. The lowest BCUT2D eigenvalue weighted by Crippen LogP contribution is -1.95. The average Bonchev–Trinajstić information content (AvgIpc) is 2.43. The molecule has 5 nitrogen and oxygen atoms in total. The minimum atomic E-state index is -2.66. The molecule has 1 unspecified atom stereocenters. The molecule has 0 aromatic carbocycles. The smallest absolute Gasteiger partial charge is 0.488 e. The quantitative estimate of drug-likeness (QED) is 0.187. The average molecular weight is 308 g/mol. The van der Waals surface area contributed by atoms with Gasteiger partial charge in [-0.1, -0.05) is 51.4 Å². The maximum Gasteiger partial charge on any atom is 0.488 e. The van der Waals surface area contributed by atoms with Crippen LogP contribution in [0.15, 0.2) is 0 Å². The molecule has 0 fully saturated rings. The van der Waals surface area contributed by atoms with Crippen molar-refractivity contribution in [3.05, 3.63) is 0 Å². The molecule has 0 aliphatic carbocycles. The van der Waals surface area contributed by atoms with Gasteiger partial charge in [0.05, 0.1) is 13.2 Å². The van der Waals surface area contributed by atoms with Crippen molar-refractivity contribution >= 4 is 8.25 Å². The lowest BCUT2D eigenvalue weighted by atomic mass is 10.1. The maximum absolute atomic E-state index is 10.1. The van der Waals surface area contributed by atoms with E-state index in [0.717, 1.165) is 19.3 Å². The van der Waals surface area contributed by atoms with E-state index in [1.54, 1.807) is 0 Å². The highest BCUT2D eigenvalue weighted by Crippen LogP contribution is 2.13. The predicted octanol–water partition coefficient (Wildman–Crippen LogP) is 3.89. The van der Waals surface area contributed by atoms with Crippen LogP contribution in [0.4, 0.5) is 0 Å². The molecule has 1 atom stereocenters. The van der Waals surface area contributed by atoms with Crippen molar-refractivity contribution in [1.82, 2.24) is 0 Å². The summed E-state index contributed by atoms with van der Waals surface area (Å²) >= 11 is 0. The molecule has 120 valence electrons. The first-order chi connectivity index (χ1) is 9.77. The van der Waals surface area contributed by atoms with Gasteiger partial charge >= 0.3 is 8.25 Å². The van der Waals surface area contributed by atoms with Crippen LogP contribution in [0.3, 0.4) is 0 Å².